The molecule has 0 heterocycles. The van der Waals surface area contributed by atoms with Crippen LogP contribution in [0.15, 0.2) is 28.2 Å². The minimum absolute atomic E-state index is 0.195. The summed E-state index contributed by atoms with van der Waals surface area (Å²) < 4.78 is 5.33. The summed E-state index contributed by atoms with van der Waals surface area (Å²) in [5.41, 5.74) is 0.167. The van der Waals surface area contributed by atoms with E-state index in [1.165, 1.54) is 12.1 Å². The lowest BCUT2D eigenvalue weighted by molar-refractivity contribution is -0.143. The van der Waals surface area contributed by atoms with Gasteiger partial charge in [-0.3, -0.25) is 14.4 Å². The van der Waals surface area contributed by atoms with E-state index < -0.39 is 17.7 Å². The third-order valence-corrected chi connectivity index (χ3v) is 3.36. The van der Waals surface area contributed by atoms with Gasteiger partial charge in [0.25, 0.3) is 5.91 Å². The molecule has 2 N–H and O–H groups in total. The van der Waals surface area contributed by atoms with Crippen molar-refractivity contribution in [2.45, 2.75) is 6.92 Å². The van der Waals surface area contributed by atoms with Crippen molar-refractivity contribution in [3.05, 3.63) is 39.4 Å². The largest absolute Gasteiger partial charge is 0.506 e. The number of hydrogen-bond acceptors (Lipinski definition) is 5. The van der Waals surface area contributed by atoms with Gasteiger partial charge >= 0.3 is 5.97 Å². The van der Waals surface area contributed by atoms with Crippen molar-refractivity contribution >= 4 is 39.3 Å². The highest BCUT2D eigenvalue weighted by Crippen LogP contribution is 2.32. The van der Waals surface area contributed by atoms with Crippen LogP contribution in [0.25, 0.3) is 5.76 Å². The van der Waals surface area contributed by atoms with E-state index in [2.05, 4.69) is 26.0 Å². The number of hydrogen-bond donors (Lipinski definition) is 2. The summed E-state index contributed by atoms with van der Waals surface area (Å²) in [6, 6.07) is 4.72. The first-order valence-electron chi connectivity index (χ1n) is 6.17. The molecule has 21 heavy (non-hydrogen) atoms. The second-order valence-electron chi connectivity index (χ2n) is 4.23. The Morgan fingerprint density at radius 3 is 2.71 bits per heavy atom. The monoisotopic (exact) mass is 353 g/mol. The number of amides is 1. The van der Waals surface area contributed by atoms with Crippen LogP contribution in [0.3, 0.4) is 0 Å². The quantitative estimate of drug-likeness (QED) is 0.633. The molecule has 1 aromatic carbocycles. The fraction of sp³-hybridized carbons (Fsp3) is 0.214. The Bertz CT molecular complexity index is 665. The molecular formula is C14H12BrNO5. The number of ketones is 1. The Labute approximate surface area is 128 Å². The summed E-state index contributed by atoms with van der Waals surface area (Å²) in [4.78, 5) is 35.3. The van der Waals surface area contributed by atoms with Gasteiger partial charge in [-0.1, -0.05) is 15.9 Å². The molecule has 1 aromatic rings. The van der Waals surface area contributed by atoms with E-state index in [0.717, 1.165) is 0 Å². The molecule has 0 saturated heterocycles. The number of esters is 1. The van der Waals surface area contributed by atoms with Crippen LogP contribution in [0.4, 0.5) is 0 Å². The SMILES string of the molecule is CCOC(=O)CNC(=O)C1=C(O)c2ccc(Br)cc2C1=O. The summed E-state index contributed by atoms with van der Waals surface area (Å²) in [6.45, 7) is 1.47. The van der Waals surface area contributed by atoms with Gasteiger partial charge in [-0.05, 0) is 25.1 Å². The minimum atomic E-state index is -0.808. The molecule has 1 amide bonds. The van der Waals surface area contributed by atoms with Gasteiger partial charge in [0.15, 0.2) is 0 Å². The van der Waals surface area contributed by atoms with Crippen LogP contribution in [0, 0.1) is 0 Å². The molecule has 0 aromatic heterocycles. The van der Waals surface area contributed by atoms with Crippen LogP contribution in [0.2, 0.25) is 0 Å². The molecule has 7 heteroatoms. The zero-order valence-electron chi connectivity index (χ0n) is 11.1. The molecule has 0 radical (unpaired) electrons. The van der Waals surface area contributed by atoms with E-state index >= 15 is 0 Å². The second-order valence-corrected chi connectivity index (χ2v) is 5.15. The van der Waals surface area contributed by atoms with Crippen LogP contribution >= 0.6 is 15.9 Å². The Balaban J connectivity index is 2.18. The van der Waals surface area contributed by atoms with Gasteiger partial charge in [-0.2, -0.15) is 0 Å². The molecule has 0 atom stereocenters. The van der Waals surface area contributed by atoms with Crippen molar-refractivity contribution in [3.63, 3.8) is 0 Å². The number of halogens is 1. The van der Waals surface area contributed by atoms with E-state index in [-0.39, 0.29) is 30.0 Å². The van der Waals surface area contributed by atoms with Gasteiger partial charge in [0.2, 0.25) is 5.78 Å². The van der Waals surface area contributed by atoms with Crippen molar-refractivity contribution in [2.24, 2.45) is 0 Å². The summed E-state index contributed by atoms with van der Waals surface area (Å²) in [5, 5.41) is 12.3. The van der Waals surface area contributed by atoms with E-state index in [1.807, 2.05) is 0 Å². The van der Waals surface area contributed by atoms with Crippen LogP contribution in [0.1, 0.15) is 22.8 Å². The topological polar surface area (TPSA) is 92.7 Å². The van der Waals surface area contributed by atoms with Crippen molar-refractivity contribution < 1.29 is 24.2 Å². The Morgan fingerprint density at radius 2 is 2.05 bits per heavy atom. The van der Waals surface area contributed by atoms with Gasteiger partial charge < -0.3 is 15.2 Å². The van der Waals surface area contributed by atoms with Crippen LogP contribution in [0.5, 0.6) is 0 Å². The van der Waals surface area contributed by atoms with Crippen LogP contribution < -0.4 is 5.32 Å². The standard InChI is InChI=1S/C14H12BrNO5/c1-2-21-10(17)6-16-14(20)11-12(18)8-4-3-7(15)5-9(8)13(11)19/h3-5,18H,2,6H2,1H3,(H,16,20). The summed E-state index contributed by atoms with van der Waals surface area (Å²) in [7, 11) is 0. The highest BCUT2D eigenvalue weighted by atomic mass is 79.9. The smallest absolute Gasteiger partial charge is 0.325 e. The zero-order valence-corrected chi connectivity index (χ0v) is 12.7. The number of ether oxygens (including phenoxy) is 1. The maximum atomic E-state index is 12.2. The van der Waals surface area contributed by atoms with Crippen LogP contribution in [-0.2, 0) is 14.3 Å². The predicted octanol–water partition coefficient (Wildman–Crippen LogP) is 1.59. The molecule has 0 fully saturated rings. The van der Waals surface area contributed by atoms with E-state index in [4.69, 9.17) is 0 Å². The van der Waals surface area contributed by atoms with Gasteiger partial charge in [0.1, 0.15) is 17.9 Å². The lowest BCUT2D eigenvalue weighted by Crippen LogP contribution is -2.33. The molecule has 1 aliphatic carbocycles. The number of Topliss-reactive ketones (excluding diaryl/α,β-unsaturated/α-hetero) is 1. The molecule has 0 bridgehead atoms. The molecule has 6 nitrogen and oxygen atoms in total. The molecule has 0 saturated carbocycles. The first kappa shape index (κ1) is 15.2. The number of nitrogens with one attached hydrogen (secondary N) is 1. The van der Waals surface area contributed by atoms with Crippen molar-refractivity contribution in [2.75, 3.05) is 13.2 Å². The van der Waals surface area contributed by atoms with Gasteiger partial charge in [-0.15, -0.1) is 0 Å². The predicted molar refractivity (Wildman–Crippen MR) is 77.7 cm³/mol. The second kappa shape index (κ2) is 6.09. The van der Waals surface area contributed by atoms with Crippen molar-refractivity contribution in [3.8, 4) is 0 Å². The molecule has 1 aliphatic rings. The summed E-state index contributed by atoms with van der Waals surface area (Å²) in [5.74, 6) is -2.39. The fourth-order valence-electron chi connectivity index (χ4n) is 1.95. The number of benzene rings is 1. The maximum Gasteiger partial charge on any atom is 0.325 e. The number of aliphatic hydroxyl groups is 1. The normalized spacial score (nSPS) is 13.1. The summed E-state index contributed by atoms with van der Waals surface area (Å²) >= 11 is 3.22. The average Bonchev–Trinajstić information content (AvgIpc) is 2.68. The lowest BCUT2D eigenvalue weighted by Gasteiger charge is -2.05. The molecule has 110 valence electrons. The number of carbonyl (C=O) groups excluding carboxylic acids is 3. The van der Waals surface area contributed by atoms with Gasteiger partial charge in [0.05, 0.1) is 6.61 Å². The first-order valence-corrected chi connectivity index (χ1v) is 6.96. The average molecular weight is 354 g/mol. The maximum absolute atomic E-state index is 12.2. The minimum Gasteiger partial charge on any atom is -0.506 e. The zero-order chi connectivity index (χ0) is 15.6. The Morgan fingerprint density at radius 1 is 1.33 bits per heavy atom. The van der Waals surface area contributed by atoms with Crippen molar-refractivity contribution in [1.29, 1.82) is 0 Å². The van der Waals surface area contributed by atoms with Crippen molar-refractivity contribution in [1.82, 2.24) is 5.32 Å². The molecule has 0 spiro atoms. The first-order chi connectivity index (χ1) is 9.95. The molecule has 0 aliphatic heterocycles. The number of carbonyl (C=O) groups is 3. The lowest BCUT2D eigenvalue weighted by atomic mass is 10.1. The van der Waals surface area contributed by atoms with Crippen LogP contribution in [-0.4, -0.2) is 35.9 Å². The Kier molecular flexibility index (Phi) is 4.42. The summed E-state index contributed by atoms with van der Waals surface area (Å²) in [6.07, 6.45) is 0. The number of rotatable bonds is 4. The third kappa shape index (κ3) is 2.97. The fourth-order valence-corrected chi connectivity index (χ4v) is 2.31. The molecule has 0 unspecified atom stereocenters. The molecular weight excluding hydrogens is 342 g/mol. The highest BCUT2D eigenvalue weighted by Gasteiger charge is 2.34. The van der Waals surface area contributed by atoms with E-state index in [9.17, 15) is 19.5 Å². The number of aliphatic hydroxyl groups excluding tert-OH is 1. The Hall–Kier alpha value is -2.15. The van der Waals surface area contributed by atoms with Gasteiger partial charge in [-0.25, -0.2) is 0 Å². The molecule has 2 rings (SSSR count). The third-order valence-electron chi connectivity index (χ3n) is 2.87. The highest BCUT2D eigenvalue weighted by molar-refractivity contribution is 9.10. The van der Waals surface area contributed by atoms with Gasteiger partial charge in [0, 0.05) is 15.6 Å². The van der Waals surface area contributed by atoms with E-state index in [1.54, 1.807) is 13.0 Å². The van der Waals surface area contributed by atoms with E-state index in [0.29, 0.717) is 10.0 Å². The number of fused-ring (bicyclic) bond motifs is 1.